The third-order valence-electron chi connectivity index (χ3n) is 4.26. The summed E-state index contributed by atoms with van der Waals surface area (Å²) >= 11 is 0. The summed E-state index contributed by atoms with van der Waals surface area (Å²) in [7, 11) is 0. The zero-order valence-corrected chi connectivity index (χ0v) is 13.8. The molecule has 0 bridgehead atoms. The van der Waals surface area contributed by atoms with E-state index in [-0.39, 0.29) is 11.6 Å². The van der Waals surface area contributed by atoms with Crippen LogP contribution in [0.1, 0.15) is 42.0 Å². The lowest BCUT2D eigenvalue weighted by Gasteiger charge is -2.19. The zero-order valence-electron chi connectivity index (χ0n) is 13.8. The summed E-state index contributed by atoms with van der Waals surface area (Å²) in [5.74, 6) is -0.476. The first-order valence-electron chi connectivity index (χ1n) is 8.24. The summed E-state index contributed by atoms with van der Waals surface area (Å²) in [6, 6.07) is 9.55. The standard InChI is InChI=1S/C20H18F4O/c1-2-3-13-4-9-18(19(21)10-13)16-6-5-15-12-17(25-20(22,23)24)8-7-14(15)11-16/h4,7-12H,2-3,5-6H2,1H3. The summed E-state index contributed by atoms with van der Waals surface area (Å²) in [6.45, 7) is 2.04. The molecule has 0 amide bonds. The van der Waals surface area contributed by atoms with E-state index in [0.717, 1.165) is 35.1 Å². The van der Waals surface area contributed by atoms with Crippen LogP contribution in [-0.2, 0) is 12.8 Å². The van der Waals surface area contributed by atoms with Crippen LogP contribution in [0.2, 0.25) is 0 Å². The molecule has 0 atom stereocenters. The maximum Gasteiger partial charge on any atom is 0.573 e. The topological polar surface area (TPSA) is 9.23 Å². The predicted octanol–water partition coefficient (Wildman–Crippen LogP) is 6.16. The molecule has 0 saturated carbocycles. The molecule has 25 heavy (non-hydrogen) atoms. The molecular weight excluding hydrogens is 332 g/mol. The van der Waals surface area contributed by atoms with E-state index in [0.29, 0.717) is 18.4 Å². The number of ether oxygens (including phenoxy) is 1. The van der Waals surface area contributed by atoms with Gasteiger partial charge in [0.1, 0.15) is 11.6 Å². The first-order chi connectivity index (χ1) is 11.9. The lowest BCUT2D eigenvalue weighted by molar-refractivity contribution is -0.274. The molecule has 3 rings (SSSR count). The summed E-state index contributed by atoms with van der Waals surface area (Å²) < 4.78 is 55.3. The molecule has 0 saturated heterocycles. The molecule has 132 valence electrons. The third-order valence-corrected chi connectivity index (χ3v) is 4.26. The maximum absolute atomic E-state index is 14.4. The van der Waals surface area contributed by atoms with Gasteiger partial charge in [0, 0.05) is 5.56 Å². The Hall–Kier alpha value is -2.30. The van der Waals surface area contributed by atoms with Crippen LogP contribution in [0.5, 0.6) is 5.75 Å². The second-order valence-corrected chi connectivity index (χ2v) is 6.14. The number of hydrogen-bond donors (Lipinski definition) is 0. The van der Waals surface area contributed by atoms with Crippen molar-refractivity contribution < 1.29 is 22.3 Å². The van der Waals surface area contributed by atoms with Crippen molar-refractivity contribution >= 4 is 11.6 Å². The number of benzene rings is 2. The molecule has 2 aromatic rings. The van der Waals surface area contributed by atoms with Crippen molar-refractivity contribution in [2.24, 2.45) is 0 Å². The molecule has 0 aliphatic heterocycles. The Bertz CT molecular complexity index is 806. The molecule has 0 spiro atoms. The van der Waals surface area contributed by atoms with Gasteiger partial charge in [-0.25, -0.2) is 4.39 Å². The number of aryl methyl sites for hydroxylation is 2. The molecule has 1 aliphatic rings. The van der Waals surface area contributed by atoms with E-state index in [2.05, 4.69) is 4.74 Å². The van der Waals surface area contributed by atoms with Gasteiger partial charge in [0.2, 0.25) is 0 Å². The van der Waals surface area contributed by atoms with Crippen LogP contribution in [0.3, 0.4) is 0 Å². The average Bonchev–Trinajstić information content (AvgIpc) is 2.53. The van der Waals surface area contributed by atoms with E-state index in [1.807, 2.05) is 19.1 Å². The van der Waals surface area contributed by atoms with Gasteiger partial charge in [-0.2, -0.15) is 0 Å². The fraction of sp³-hybridized carbons (Fsp3) is 0.300. The average molecular weight is 350 g/mol. The van der Waals surface area contributed by atoms with Gasteiger partial charge in [-0.3, -0.25) is 0 Å². The van der Waals surface area contributed by atoms with Crippen molar-refractivity contribution in [1.82, 2.24) is 0 Å². The number of alkyl halides is 3. The van der Waals surface area contributed by atoms with Crippen LogP contribution < -0.4 is 4.74 Å². The first-order valence-corrected chi connectivity index (χ1v) is 8.24. The number of allylic oxidation sites excluding steroid dienone is 1. The van der Waals surface area contributed by atoms with Crippen molar-refractivity contribution in [3.05, 3.63) is 64.5 Å². The molecule has 0 aromatic heterocycles. The van der Waals surface area contributed by atoms with Crippen LogP contribution in [0.25, 0.3) is 11.6 Å². The minimum Gasteiger partial charge on any atom is -0.406 e. The smallest absolute Gasteiger partial charge is 0.406 e. The van der Waals surface area contributed by atoms with Crippen molar-refractivity contribution in [2.45, 2.75) is 39.0 Å². The number of halogens is 4. The minimum atomic E-state index is -4.70. The Balaban J connectivity index is 1.87. The Morgan fingerprint density at radius 2 is 1.84 bits per heavy atom. The van der Waals surface area contributed by atoms with Gasteiger partial charge < -0.3 is 4.74 Å². The summed E-state index contributed by atoms with van der Waals surface area (Å²) in [6.07, 6.45) is 0.0541. The third kappa shape index (κ3) is 4.21. The van der Waals surface area contributed by atoms with E-state index in [9.17, 15) is 17.6 Å². The van der Waals surface area contributed by atoms with Crippen molar-refractivity contribution in [3.63, 3.8) is 0 Å². The van der Waals surface area contributed by atoms with Crippen LogP contribution in [-0.4, -0.2) is 6.36 Å². The SMILES string of the molecule is CCCc1ccc(C2=Cc3ccc(OC(F)(F)F)cc3CC2)c(F)c1. The molecule has 5 heteroatoms. The van der Waals surface area contributed by atoms with Gasteiger partial charge in [-0.1, -0.05) is 37.6 Å². The molecule has 1 aliphatic carbocycles. The van der Waals surface area contributed by atoms with Crippen LogP contribution >= 0.6 is 0 Å². The Kier molecular flexibility index (Phi) is 4.84. The van der Waals surface area contributed by atoms with E-state index in [1.165, 1.54) is 12.1 Å². The van der Waals surface area contributed by atoms with Gasteiger partial charge in [0.05, 0.1) is 0 Å². The fourth-order valence-corrected chi connectivity index (χ4v) is 3.14. The van der Waals surface area contributed by atoms with E-state index >= 15 is 0 Å². The highest BCUT2D eigenvalue weighted by molar-refractivity contribution is 5.84. The van der Waals surface area contributed by atoms with Gasteiger partial charge in [-0.15, -0.1) is 13.2 Å². The van der Waals surface area contributed by atoms with Gasteiger partial charge >= 0.3 is 6.36 Å². The van der Waals surface area contributed by atoms with Crippen molar-refractivity contribution in [3.8, 4) is 5.75 Å². The number of rotatable bonds is 4. The first kappa shape index (κ1) is 17.5. The second-order valence-electron chi connectivity index (χ2n) is 6.14. The highest BCUT2D eigenvalue weighted by Gasteiger charge is 2.31. The summed E-state index contributed by atoms with van der Waals surface area (Å²) in [5, 5.41) is 0. The fourth-order valence-electron chi connectivity index (χ4n) is 3.14. The molecule has 1 nitrogen and oxygen atoms in total. The van der Waals surface area contributed by atoms with Crippen molar-refractivity contribution in [1.29, 1.82) is 0 Å². The Morgan fingerprint density at radius 1 is 1.04 bits per heavy atom. The molecule has 0 N–H and O–H groups in total. The largest absolute Gasteiger partial charge is 0.573 e. The van der Waals surface area contributed by atoms with E-state index < -0.39 is 6.36 Å². The van der Waals surface area contributed by atoms with Crippen molar-refractivity contribution in [2.75, 3.05) is 0 Å². The molecule has 0 radical (unpaired) electrons. The highest BCUT2D eigenvalue weighted by atomic mass is 19.4. The van der Waals surface area contributed by atoms with E-state index in [4.69, 9.17) is 0 Å². The molecule has 2 aromatic carbocycles. The molecule has 0 heterocycles. The lowest BCUT2D eigenvalue weighted by atomic mass is 9.88. The van der Waals surface area contributed by atoms with Gasteiger partial charge in [0.25, 0.3) is 0 Å². The quantitative estimate of drug-likeness (QED) is 0.600. The Labute approximate surface area is 143 Å². The maximum atomic E-state index is 14.4. The minimum absolute atomic E-state index is 0.224. The predicted molar refractivity (Wildman–Crippen MR) is 89.7 cm³/mol. The Morgan fingerprint density at radius 3 is 2.52 bits per heavy atom. The summed E-state index contributed by atoms with van der Waals surface area (Å²) in [5.41, 5.74) is 3.95. The number of fused-ring (bicyclic) bond motifs is 1. The second kappa shape index (κ2) is 6.90. The molecule has 0 unspecified atom stereocenters. The van der Waals surface area contributed by atoms with Crippen LogP contribution in [0.4, 0.5) is 17.6 Å². The lowest BCUT2D eigenvalue weighted by Crippen LogP contribution is -2.17. The van der Waals surface area contributed by atoms with Gasteiger partial charge in [-0.05, 0) is 59.7 Å². The normalized spacial score (nSPS) is 14.0. The highest BCUT2D eigenvalue weighted by Crippen LogP contribution is 2.34. The summed E-state index contributed by atoms with van der Waals surface area (Å²) in [4.78, 5) is 0. The molecular formula is C20H18F4O. The van der Waals surface area contributed by atoms with E-state index in [1.54, 1.807) is 18.2 Å². The zero-order chi connectivity index (χ0) is 18.0. The molecule has 0 fully saturated rings. The van der Waals surface area contributed by atoms with Gasteiger partial charge in [0.15, 0.2) is 0 Å². The van der Waals surface area contributed by atoms with Crippen LogP contribution in [0.15, 0.2) is 36.4 Å². The van der Waals surface area contributed by atoms with Crippen LogP contribution in [0, 0.1) is 5.82 Å². The number of hydrogen-bond acceptors (Lipinski definition) is 1. The monoisotopic (exact) mass is 350 g/mol.